The van der Waals surface area contributed by atoms with Crippen LogP contribution in [0, 0.1) is 5.92 Å². The Balaban J connectivity index is 1.99. The number of benzene rings is 1. The highest BCUT2D eigenvalue weighted by Gasteiger charge is 2.42. The molecular weight excluding hydrogens is 314 g/mol. The third kappa shape index (κ3) is 5.74. The molecule has 0 unspecified atom stereocenters. The highest BCUT2D eigenvalue weighted by Crippen LogP contribution is 2.36. The molecule has 1 N–H and O–H groups in total. The topological polar surface area (TPSA) is 47.6 Å². The average molecular weight is 347 g/mol. The van der Waals surface area contributed by atoms with Crippen molar-refractivity contribution in [2.75, 3.05) is 18.5 Å². The lowest BCUT2D eigenvalue weighted by Gasteiger charge is -2.38. The number of amides is 1. The first kappa shape index (κ1) is 19.8. The van der Waals surface area contributed by atoms with Crippen molar-refractivity contribution in [3.05, 3.63) is 24.3 Å². The predicted octanol–water partition coefficient (Wildman–Crippen LogP) is 5.18. The number of rotatable bonds is 9. The molecule has 1 aromatic carbocycles. The number of nitrogens with one attached hydrogen (secondary N) is 1. The van der Waals surface area contributed by atoms with Gasteiger partial charge in [-0.25, -0.2) is 0 Å². The van der Waals surface area contributed by atoms with Crippen molar-refractivity contribution < 1.29 is 14.3 Å². The van der Waals surface area contributed by atoms with Gasteiger partial charge in [-0.1, -0.05) is 33.6 Å². The summed E-state index contributed by atoms with van der Waals surface area (Å²) in [5.41, 5.74) is 0.120. The SMILES string of the molecule is CCCCOc1ccc(NC(=O)[C@]2(OCCC)CCC[C@H](C)C2)cc1. The Labute approximate surface area is 152 Å². The first-order chi connectivity index (χ1) is 12.1. The molecule has 0 aliphatic heterocycles. The van der Waals surface area contributed by atoms with Crippen LogP contribution in [0.1, 0.15) is 65.7 Å². The smallest absolute Gasteiger partial charge is 0.256 e. The number of anilines is 1. The van der Waals surface area contributed by atoms with Crippen LogP contribution in [0.3, 0.4) is 0 Å². The molecule has 0 saturated heterocycles. The van der Waals surface area contributed by atoms with Crippen molar-refractivity contribution in [1.29, 1.82) is 0 Å². The normalized spacial score (nSPS) is 23.2. The van der Waals surface area contributed by atoms with Gasteiger partial charge in [0.2, 0.25) is 0 Å². The minimum absolute atomic E-state index is 0.00727. The molecule has 1 aliphatic rings. The molecule has 0 aromatic heterocycles. The summed E-state index contributed by atoms with van der Waals surface area (Å²) < 4.78 is 11.7. The van der Waals surface area contributed by atoms with Gasteiger partial charge in [0.25, 0.3) is 5.91 Å². The largest absolute Gasteiger partial charge is 0.494 e. The monoisotopic (exact) mass is 347 g/mol. The lowest BCUT2D eigenvalue weighted by Crippen LogP contribution is -2.48. The van der Waals surface area contributed by atoms with Gasteiger partial charge >= 0.3 is 0 Å². The van der Waals surface area contributed by atoms with Crippen molar-refractivity contribution in [3.8, 4) is 5.75 Å². The average Bonchev–Trinajstić information content (AvgIpc) is 2.61. The van der Waals surface area contributed by atoms with Gasteiger partial charge in [0.1, 0.15) is 11.4 Å². The maximum atomic E-state index is 13.0. The van der Waals surface area contributed by atoms with Gasteiger partial charge in [-0.05, 0) is 62.3 Å². The van der Waals surface area contributed by atoms with Crippen LogP contribution in [0.5, 0.6) is 5.75 Å². The summed E-state index contributed by atoms with van der Waals surface area (Å²) in [6, 6.07) is 7.63. The molecule has 4 heteroatoms. The summed E-state index contributed by atoms with van der Waals surface area (Å²) in [5.74, 6) is 1.35. The second-order valence-corrected chi connectivity index (χ2v) is 7.22. The van der Waals surface area contributed by atoms with Crippen molar-refractivity contribution in [1.82, 2.24) is 0 Å². The van der Waals surface area contributed by atoms with E-state index in [0.717, 1.165) is 56.6 Å². The number of unbranched alkanes of at least 4 members (excludes halogenated alkanes) is 1. The fourth-order valence-electron chi connectivity index (χ4n) is 3.42. The van der Waals surface area contributed by atoms with E-state index in [4.69, 9.17) is 9.47 Å². The predicted molar refractivity (Wildman–Crippen MR) is 102 cm³/mol. The molecule has 1 saturated carbocycles. The highest BCUT2D eigenvalue weighted by atomic mass is 16.5. The zero-order valence-electron chi connectivity index (χ0n) is 16.0. The third-order valence-corrected chi connectivity index (χ3v) is 4.83. The lowest BCUT2D eigenvalue weighted by molar-refractivity contribution is -0.148. The number of hydrogen-bond acceptors (Lipinski definition) is 3. The Kier molecular flexibility index (Phi) is 7.76. The van der Waals surface area contributed by atoms with Crippen molar-refractivity contribution in [3.63, 3.8) is 0 Å². The minimum Gasteiger partial charge on any atom is -0.494 e. The maximum absolute atomic E-state index is 13.0. The molecule has 1 aromatic rings. The van der Waals surface area contributed by atoms with Crippen molar-refractivity contribution in [2.45, 2.75) is 71.3 Å². The Morgan fingerprint density at radius 2 is 1.96 bits per heavy atom. The van der Waals surface area contributed by atoms with Crippen LogP contribution < -0.4 is 10.1 Å². The Morgan fingerprint density at radius 3 is 2.60 bits per heavy atom. The van der Waals surface area contributed by atoms with E-state index in [-0.39, 0.29) is 5.91 Å². The standard InChI is InChI=1S/C21H33NO3/c1-4-6-15-24-19-11-9-18(10-12-19)22-20(23)21(25-14-5-2)13-7-8-17(3)16-21/h9-12,17H,4-8,13-16H2,1-3H3,(H,22,23)/t17-,21-/m0/s1. The number of carbonyl (C=O) groups excluding carboxylic acids is 1. The van der Waals surface area contributed by atoms with Gasteiger partial charge in [0.05, 0.1) is 6.61 Å². The summed E-state index contributed by atoms with van der Waals surface area (Å²) in [4.78, 5) is 13.0. The van der Waals surface area contributed by atoms with Gasteiger partial charge in [-0.3, -0.25) is 4.79 Å². The summed E-state index contributed by atoms with van der Waals surface area (Å²) >= 11 is 0. The van der Waals surface area contributed by atoms with Crippen LogP contribution in [0.25, 0.3) is 0 Å². The molecule has 2 atom stereocenters. The quantitative estimate of drug-likeness (QED) is 0.626. The van der Waals surface area contributed by atoms with E-state index in [2.05, 4.69) is 26.1 Å². The van der Waals surface area contributed by atoms with E-state index in [1.165, 1.54) is 6.42 Å². The Bertz CT molecular complexity index is 528. The second kappa shape index (κ2) is 9.81. The van der Waals surface area contributed by atoms with Gasteiger partial charge < -0.3 is 14.8 Å². The molecule has 0 radical (unpaired) electrons. The van der Waals surface area contributed by atoms with Crippen LogP contribution in [-0.4, -0.2) is 24.7 Å². The van der Waals surface area contributed by atoms with E-state index in [9.17, 15) is 4.79 Å². The third-order valence-electron chi connectivity index (χ3n) is 4.83. The molecule has 0 bridgehead atoms. The molecule has 1 aliphatic carbocycles. The summed E-state index contributed by atoms with van der Waals surface area (Å²) in [6.07, 6.45) is 6.92. The molecule has 140 valence electrons. The van der Waals surface area contributed by atoms with Gasteiger partial charge in [0, 0.05) is 12.3 Å². The second-order valence-electron chi connectivity index (χ2n) is 7.22. The fraction of sp³-hybridized carbons (Fsp3) is 0.667. The summed E-state index contributed by atoms with van der Waals surface area (Å²) in [6.45, 7) is 7.79. The van der Waals surface area contributed by atoms with Crippen LogP contribution in [0.4, 0.5) is 5.69 Å². The molecular formula is C21H33NO3. The molecule has 2 rings (SSSR count). The van der Waals surface area contributed by atoms with Crippen LogP contribution in [0.2, 0.25) is 0 Å². The van der Waals surface area contributed by atoms with E-state index >= 15 is 0 Å². The van der Waals surface area contributed by atoms with Crippen molar-refractivity contribution >= 4 is 11.6 Å². The first-order valence-electron chi connectivity index (χ1n) is 9.78. The van der Waals surface area contributed by atoms with Crippen LogP contribution >= 0.6 is 0 Å². The van der Waals surface area contributed by atoms with Gasteiger partial charge in [-0.15, -0.1) is 0 Å². The molecule has 0 spiro atoms. The van der Waals surface area contributed by atoms with Crippen LogP contribution in [-0.2, 0) is 9.53 Å². The van der Waals surface area contributed by atoms with E-state index < -0.39 is 5.60 Å². The van der Waals surface area contributed by atoms with Crippen molar-refractivity contribution in [2.24, 2.45) is 5.92 Å². The summed E-state index contributed by atoms with van der Waals surface area (Å²) in [7, 11) is 0. The summed E-state index contributed by atoms with van der Waals surface area (Å²) in [5, 5.41) is 3.06. The number of carbonyl (C=O) groups is 1. The number of hydrogen-bond donors (Lipinski definition) is 1. The molecule has 1 amide bonds. The molecule has 1 fully saturated rings. The van der Waals surface area contributed by atoms with Gasteiger partial charge in [0.15, 0.2) is 0 Å². The first-order valence-corrected chi connectivity index (χ1v) is 9.78. The zero-order valence-corrected chi connectivity index (χ0v) is 16.0. The zero-order chi connectivity index (χ0) is 18.1. The highest BCUT2D eigenvalue weighted by molar-refractivity contribution is 5.97. The van der Waals surface area contributed by atoms with E-state index in [1.54, 1.807) is 0 Å². The Hall–Kier alpha value is -1.55. The van der Waals surface area contributed by atoms with Gasteiger partial charge in [-0.2, -0.15) is 0 Å². The van der Waals surface area contributed by atoms with E-state index in [1.807, 2.05) is 24.3 Å². The lowest BCUT2D eigenvalue weighted by atomic mass is 9.78. The molecule has 0 heterocycles. The molecule has 4 nitrogen and oxygen atoms in total. The minimum atomic E-state index is -0.677. The maximum Gasteiger partial charge on any atom is 0.256 e. The van der Waals surface area contributed by atoms with E-state index in [0.29, 0.717) is 12.5 Å². The fourth-order valence-corrected chi connectivity index (χ4v) is 3.42. The number of ether oxygens (including phenoxy) is 2. The molecule has 25 heavy (non-hydrogen) atoms. The Morgan fingerprint density at radius 1 is 1.20 bits per heavy atom. The van der Waals surface area contributed by atoms with Crippen LogP contribution in [0.15, 0.2) is 24.3 Å².